The van der Waals surface area contributed by atoms with Crippen molar-refractivity contribution in [3.8, 4) is 5.75 Å². The van der Waals surface area contributed by atoms with Crippen LogP contribution in [0.1, 0.15) is 37.7 Å². The zero-order valence-electron chi connectivity index (χ0n) is 16.2. The summed E-state index contributed by atoms with van der Waals surface area (Å²) in [6, 6.07) is 14.1. The van der Waals surface area contributed by atoms with Gasteiger partial charge >= 0.3 is 0 Å². The van der Waals surface area contributed by atoms with E-state index < -0.39 is 0 Å². The lowest BCUT2D eigenvalue weighted by atomic mass is 9.95. The summed E-state index contributed by atoms with van der Waals surface area (Å²) in [5.74, 6) is 0.672. The number of rotatable bonds is 6. The van der Waals surface area contributed by atoms with Gasteiger partial charge in [0.05, 0.1) is 19.8 Å². The molecule has 0 spiro atoms. The first-order valence-electron chi connectivity index (χ1n) is 9.92. The van der Waals surface area contributed by atoms with Crippen molar-refractivity contribution in [3.63, 3.8) is 0 Å². The van der Waals surface area contributed by atoms with Gasteiger partial charge in [0, 0.05) is 34.4 Å². The fourth-order valence-corrected chi connectivity index (χ4v) is 3.84. The Kier molecular flexibility index (Phi) is 5.51. The molecule has 1 aliphatic carbocycles. The van der Waals surface area contributed by atoms with Gasteiger partial charge in [0.2, 0.25) is 5.91 Å². The highest BCUT2D eigenvalue weighted by Gasteiger charge is 2.14. The highest BCUT2D eigenvalue weighted by molar-refractivity contribution is 5.95. The molecule has 1 heterocycles. The Balaban J connectivity index is 1.36. The second kappa shape index (κ2) is 8.38. The predicted octanol–water partition coefficient (Wildman–Crippen LogP) is 5.37. The van der Waals surface area contributed by atoms with Crippen LogP contribution in [0, 0.1) is 0 Å². The van der Waals surface area contributed by atoms with E-state index in [4.69, 9.17) is 9.15 Å². The summed E-state index contributed by atoms with van der Waals surface area (Å²) >= 11 is 0. The van der Waals surface area contributed by atoms with Crippen LogP contribution >= 0.6 is 0 Å². The van der Waals surface area contributed by atoms with Crippen LogP contribution in [0.4, 0.5) is 11.4 Å². The molecule has 0 saturated heterocycles. The Labute approximate surface area is 165 Å². The van der Waals surface area contributed by atoms with Gasteiger partial charge in [-0.2, -0.15) is 0 Å². The number of hydrogen-bond donors (Lipinski definition) is 2. The molecule has 0 unspecified atom stereocenters. The topological polar surface area (TPSA) is 63.5 Å². The molecule has 2 aromatic carbocycles. The van der Waals surface area contributed by atoms with Gasteiger partial charge in [-0.3, -0.25) is 4.79 Å². The lowest BCUT2D eigenvalue weighted by molar-refractivity contribution is -0.115. The van der Waals surface area contributed by atoms with Crippen molar-refractivity contribution < 1.29 is 13.9 Å². The summed E-state index contributed by atoms with van der Waals surface area (Å²) in [5.41, 5.74) is 3.50. The molecule has 4 rings (SSSR count). The quantitative estimate of drug-likeness (QED) is 0.605. The molecule has 2 N–H and O–H groups in total. The van der Waals surface area contributed by atoms with Crippen LogP contribution in [0.3, 0.4) is 0 Å². The van der Waals surface area contributed by atoms with Crippen molar-refractivity contribution in [2.24, 2.45) is 0 Å². The molecule has 0 radical (unpaired) electrons. The molecule has 0 aliphatic heterocycles. The number of carbonyl (C=O) groups excluding carboxylic acids is 1. The first-order valence-corrected chi connectivity index (χ1v) is 9.92. The molecular weight excluding hydrogens is 352 g/mol. The summed E-state index contributed by atoms with van der Waals surface area (Å²) in [6.07, 6.45) is 8.35. The number of furan rings is 1. The van der Waals surface area contributed by atoms with E-state index in [1.54, 1.807) is 13.4 Å². The van der Waals surface area contributed by atoms with Crippen molar-refractivity contribution in [3.05, 3.63) is 54.3 Å². The van der Waals surface area contributed by atoms with Gasteiger partial charge in [-0.1, -0.05) is 19.3 Å². The van der Waals surface area contributed by atoms with Gasteiger partial charge in [-0.05, 0) is 49.2 Å². The molecule has 0 atom stereocenters. The maximum Gasteiger partial charge on any atom is 0.228 e. The summed E-state index contributed by atoms with van der Waals surface area (Å²) < 4.78 is 10.8. The summed E-state index contributed by atoms with van der Waals surface area (Å²) in [4.78, 5) is 12.5. The number of hydrogen-bond acceptors (Lipinski definition) is 4. The van der Waals surface area contributed by atoms with Crippen LogP contribution in [0.5, 0.6) is 5.75 Å². The van der Waals surface area contributed by atoms with Crippen LogP contribution in [0.25, 0.3) is 11.0 Å². The minimum Gasteiger partial charge on any atom is -0.497 e. The van der Waals surface area contributed by atoms with E-state index in [9.17, 15) is 4.79 Å². The smallest absolute Gasteiger partial charge is 0.228 e. The largest absolute Gasteiger partial charge is 0.497 e. The Morgan fingerprint density at radius 3 is 2.57 bits per heavy atom. The number of methoxy groups -OCH3 is 1. The number of nitrogens with one attached hydrogen (secondary N) is 2. The van der Waals surface area contributed by atoms with E-state index in [1.807, 2.05) is 42.5 Å². The normalized spacial score (nSPS) is 14.8. The third kappa shape index (κ3) is 4.30. The summed E-state index contributed by atoms with van der Waals surface area (Å²) in [7, 11) is 1.62. The molecule has 5 heteroatoms. The van der Waals surface area contributed by atoms with E-state index >= 15 is 0 Å². The maximum absolute atomic E-state index is 12.5. The SMILES string of the molecule is COc1ccc2c(CC(=O)Nc3ccc(NC4CCCCC4)cc3)coc2c1. The number of anilines is 2. The Morgan fingerprint density at radius 1 is 1.07 bits per heavy atom. The second-order valence-corrected chi connectivity index (χ2v) is 7.40. The zero-order chi connectivity index (χ0) is 19.3. The number of amides is 1. The van der Waals surface area contributed by atoms with Crippen LogP contribution in [0.15, 0.2) is 53.1 Å². The number of carbonyl (C=O) groups is 1. The predicted molar refractivity (Wildman–Crippen MR) is 112 cm³/mol. The highest BCUT2D eigenvalue weighted by atomic mass is 16.5. The minimum absolute atomic E-state index is 0.0634. The third-order valence-electron chi connectivity index (χ3n) is 5.36. The molecule has 28 heavy (non-hydrogen) atoms. The molecule has 5 nitrogen and oxygen atoms in total. The van der Waals surface area contributed by atoms with Gasteiger partial charge in [0.1, 0.15) is 11.3 Å². The molecule has 1 aliphatic rings. The van der Waals surface area contributed by atoms with E-state index in [1.165, 1.54) is 32.1 Å². The third-order valence-corrected chi connectivity index (χ3v) is 5.36. The Bertz CT molecular complexity index is 940. The van der Waals surface area contributed by atoms with Crippen molar-refractivity contribution in [1.82, 2.24) is 0 Å². The maximum atomic E-state index is 12.5. The van der Waals surface area contributed by atoms with E-state index in [0.29, 0.717) is 6.04 Å². The molecule has 146 valence electrons. The lowest BCUT2D eigenvalue weighted by Crippen LogP contribution is -2.22. The number of ether oxygens (including phenoxy) is 1. The van der Waals surface area contributed by atoms with Crippen LogP contribution in [-0.2, 0) is 11.2 Å². The summed E-state index contributed by atoms with van der Waals surface area (Å²) in [5, 5.41) is 7.49. The standard InChI is InChI=1S/C23H26N2O3/c1-27-20-11-12-21-16(15-28-22(21)14-20)13-23(26)25-19-9-7-18(8-10-19)24-17-5-3-2-4-6-17/h7-12,14-15,17,24H,2-6,13H2,1H3,(H,25,26). The minimum atomic E-state index is -0.0634. The van der Waals surface area contributed by atoms with Gasteiger partial charge in [0.15, 0.2) is 0 Å². The van der Waals surface area contributed by atoms with Crippen molar-refractivity contribution in [2.75, 3.05) is 17.7 Å². The lowest BCUT2D eigenvalue weighted by Gasteiger charge is -2.23. The molecule has 0 bridgehead atoms. The van der Waals surface area contributed by atoms with Gasteiger partial charge in [-0.15, -0.1) is 0 Å². The van der Waals surface area contributed by atoms with E-state index in [0.717, 1.165) is 33.7 Å². The fourth-order valence-electron chi connectivity index (χ4n) is 3.84. The molecule has 1 amide bonds. The molecule has 1 aromatic heterocycles. The summed E-state index contributed by atoms with van der Waals surface area (Å²) in [6.45, 7) is 0. The first kappa shape index (κ1) is 18.4. The average Bonchev–Trinajstić information content (AvgIpc) is 3.12. The first-order chi connectivity index (χ1) is 13.7. The highest BCUT2D eigenvalue weighted by Crippen LogP contribution is 2.26. The van der Waals surface area contributed by atoms with Gasteiger partial charge < -0.3 is 19.8 Å². The number of benzene rings is 2. The Hall–Kier alpha value is -2.95. The van der Waals surface area contributed by atoms with Gasteiger partial charge in [0.25, 0.3) is 0 Å². The fraction of sp³-hybridized carbons (Fsp3) is 0.348. The van der Waals surface area contributed by atoms with Crippen LogP contribution in [0.2, 0.25) is 0 Å². The number of fused-ring (bicyclic) bond motifs is 1. The molecule has 3 aromatic rings. The molecule has 1 fully saturated rings. The second-order valence-electron chi connectivity index (χ2n) is 7.40. The Morgan fingerprint density at radius 2 is 1.82 bits per heavy atom. The van der Waals surface area contributed by atoms with Crippen molar-refractivity contribution >= 4 is 28.3 Å². The zero-order valence-corrected chi connectivity index (χ0v) is 16.2. The van der Waals surface area contributed by atoms with Crippen molar-refractivity contribution in [2.45, 2.75) is 44.6 Å². The van der Waals surface area contributed by atoms with Gasteiger partial charge in [-0.25, -0.2) is 0 Å². The van der Waals surface area contributed by atoms with Crippen LogP contribution < -0.4 is 15.4 Å². The average molecular weight is 378 g/mol. The van der Waals surface area contributed by atoms with Crippen LogP contribution in [-0.4, -0.2) is 19.1 Å². The van der Waals surface area contributed by atoms with Crippen molar-refractivity contribution in [1.29, 1.82) is 0 Å². The van der Waals surface area contributed by atoms with E-state index in [2.05, 4.69) is 10.6 Å². The van der Waals surface area contributed by atoms with E-state index in [-0.39, 0.29) is 12.3 Å². The monoisotopic (exact) mass is 378 g/mol. The molecule has 1 saturated carbocycles. The molecular formula is C23H26N2O3.